The Balaban J connectivity index is 2.55. The average molecular weight is 302 g/mol. The third kappa shape index (κ3) is 3.22. The Hall–Kier alpha value is -1.52. The van der Waals surface area contributed by atoms with Crippen molar-refractivity contribution in [2.24, 2.45) is 0 Å². The molecule has 0 saturated heterocycles. The van der Waals surface area contributed by atoms with Crippen molar-refractivity contribution in [3.05, 3.63) is 58.9 Å². The van der Waals surface area contributed by atoms with Gasteiger partial charge in [-0.25, -0.2) is 0 Å². The van der Waals surface area contributed by atoms with E-state index in [0.29, 0.717) is 5.92 Å². The Morgan fingerprint density at radius 2 is 2.05 bits per heavy atom. The molecule has 0 spiro atoms. The summed E-state index contributed by atoms with van der Waals surface area (Å²) >= 11 is 1.63. The van der Waals surface area contributed by atoms with Crippen LogP contribution in [0, 0.1) is 6.92 Å². The zero-order valence-electron chi connectivity index (χ0n) is 12.8. The first-order chi connectivity index (χ1) is 10.1. The van der Waals surface area contributed by atoms with Crippen molar-refractivity contribution in [1.29, 1.82) is 0 Å². The van der Waals surface area contributed by atoms with Crippen molar-refractivity contribution in [3.8, 4) is 0 Å². The molecule has 0 aromatic carbocycles. The lowest BCUT2D eigenvalue weighted by Gasteiger charge is -2.12. The summed E-state index contributed by atoms with van der Waals surface area (Å²) in [6, 6.07) is 4.05. The first-order valence-electron chi connectivity index (χ1n) is 7.09. The van der Waals surface area contributed by atoms with E-state index in [9.17, 15) is 5.11 Å². The van der Waals surface area contributed by atoms with Crippen LogP contribution in [0.25, 0.3) is 0 Å². The normalized spacial score (nSPS) is 11.1. The quantitative estimate of drug-likeness (QED) is 0.817. The van der Waals surface area contributed by atoms with Gasteiger partial charge in [-0.15, -0.1) is 0 Å². The molecule has 0 fully saturated rings. The molecule has 4 heteroatoms. The summed E-state index contributed by atoms with van der Waals surface area (Å²) in [5.74, 6) is 0.368. The molecule has 0 unspecified atom stereocenters. The van der Waals surface area contributed by atoms with Gasteiger partial charge in [0, 0.05) is 30.2 Å². The minimum absolute atomic E-state index is 0.0768. The lowest BCUT2D eigenvalue weighted by atomic mass is 10.0. The highest BCUT2D eigenvalue weighted by Gasteiger charge is 2.21. The van der Waals surface area contributed by atoms with E-state index in [-0.39, 0.29) is 6.61 Å². The van der Waals surface area contributed by atoms with Crippen LogP contribution in [0.15, 0.2) is 41.5 Å². The van der Waals surface area contributed by atoms with E-state index in [1.165, 1.54) is 16.2 Å². The van der Waals surface area contributed by atoms with Crippen LogP contribution in [0.4, 0.5) is 0 Å². The van der Waals surface area contributed by atoms with Crippen LogP contribution < -0.4 is 0 Å². The van der Waals surface area contributed by atoms with Gasteiger partial charge in [0.15, 0.2) is 0 Å². The maximum atomic E-state index is 9.76. The maximum Gasteiger partial charge on any atom is 0.0834 e. The predicted molar refractivity (Wildman–Crippen MR) is 88.6 cm³/mol. The van der Waals surface area contributed by atoms with Crippen molar-refractivity contribution in [2.75, 3.05) is 0 Å². The minimum Gasteiger partial charge on any atom is -0.392 e. The Morgan fingerprint density at radius 3 is 2.57 bits per heavy atom. The van der Waals surface area contributed by atoms with Crippen molar-refractivity contribution in [1.82, 2.24) is 9.55 Å². The zero-order valence-corrected chi connectivity index (χ0v) is 13.7. The number of aliphatic hydroxyl groups is 1. The third-order valence-corrected chi connectivity index (χ3v) is 4.49. The van der Waals surface area contributed by atoms with E-state index in [2.05, 4.69) is 36.9 Å². The van der Waals surface area contributed by atoms with Gasteiger partial charge in [-0.05, 0) is 41.5 Å². The van der Waals surface area contributed by atoms with Crippen molar-refractivity contribution < 1.29 is 5.11 Å². The number of aliphatic hydroxyl groups excluding tert-OH is 1. The molecule has 0 aliphatic rings. The fourth-order valence-electron chi connectivity index (χ4n) is 2.65. The summed E-state index contributed by atoms with van der Waals surface area (Å²) in [4.78, 5) is 4.06. The number of pyridine rings is 1. The highest BCUT2D eigenvalue weighted by molar-refractivity contribution is 8.02. The molecule has 0 atom stereocenters. The van der Waals surface area contributed by atoms with Gasteiger partial charge in [0.25, 0.3) is 0 Å². The Labute approximate surface area is 130 Å². The molecule has 112 valence electrons. The first-order valence-corrected chi connectivity index (χ1v) is 7.97. The molecular weight excluding hydrogens is 280 g/mol. The second-order valence-corrected chi connectivity index (χ2v) is 6.28. The molecule has 2 heterocycles. The van der Waals surface area contributed by atoms with Gasteiger partial charge in [-0.3, -0.25) is 4.98 Å². The van der Waals surface area contributed by atoms with Gasteiger partial charge in [0.05, 0.1) is 11.6 Å². The van der Waals surface area contributed by atoms with Crippen molar-refractivity contribution in [3.63, 3.8) is 0 Å². The number of nitrogens with zero attached hydrogens (tertiary/aromatic N) is 2. The van der Waals surface area contributed by atoms with E-state index in [0.717, 1.165) is 17.8 Å². The molecule has 0 amide bonds. The highest BCUT2D eigenvalue weighted by Crippen LogP contribution is 2.36. The van der Waals surface area contributed by atoms with E-state index in [1.807, 2.05) is 29.9 Å². The lowest BCUT2D eigenvalue weighted by molar-refractivity contribution is 0.279. The van der Waals surface area contributed by atoms with Crippen LogP contribution in [0.3, 0.4) is 0 Å². The van der Waals surface area contributed by atoms with Gasteiger partial charge in [-0.1, -0.05) is 32.2 Å². The third-order valence-electron chi connectivity index (χ3n) is 3.66. The predicted octanol–water partition coefficient (Wildman–Crippen LogP) is 4.09. The summed E-state index contributed by atoms with van der Waals surface area (Å²) < 4.78 is 2.27. The SMILES string of the molecule is C=CSc1c(C(C)C)c(CO)c(C)n1Cc1ccncc1. The minimum atomic E-state index is 0.0768. The zero-order chi connectivity index (χ0) is 15.4. The number of rotatable bonds is 6. The van der Waals surface area contributed by atoms with E-state index in [1.54, 1.807) is 11.8 Å². The molecular formula is C17H22N2OS. The van der Waals surface area contributed by atoms with E-state index < -0.39 is 0 Å². The Morgan fingerprint density at radius 1 is 1.38 bits per heavy atom. The molecule has 1 N–H and O–H groups in total. The van der Waals surface area contributed by atoms with Crippen molar-refractivity contribution >= 4 is 11.8 Å². The first kappa shape index (κ1) is 15.9. The number of hydrogen-bond donors (Lipinski definition) is 1. The molecule has 2 rings (SSSR count). The molecule has 0 saturated carbocycles. The smallest absolute Gasteiger partial charge is 0.0834 e. The maximum absolute atomic E-state index is 9.76. The monoisotopic (exact) mass is 302 g/mol. The molecule has 2 aromatic rings. The molecule has 0 bridgehead atoms. The van der Waals surface area contributed by atoms with Gasteiger partial charge in [-0.2, -0.15) is 0 Å². The second-order valence-electron chi connectivity index (χ2n) is 5.32. The Bertz CT molecular complexity index is 617. The van der Waals surface area contributed by atoms with Gasteiger partial charge in [0.2, 0.25) is 0 Å². The lowest BCUT2D eigenvalue weighted by Crippen LogP contribution is -2.04. The van der Waals surface area contributed by atoms with E-state index in [4.69, 9.17) is 0 Å². The van der Waals surface area contributed by atoms with Crippen LogP contribution >= 0.6 is 11.8 Å². The van der Waals surface area contributed by atoms with Crippen LogP contribution in [0.5, 0.6) is 0 Å². The summed E-state index contributed by atoms with van der Waals surface area (Å²) in [5.41, 5.74) is 4.61. The summed E-state index contributed by atoms with van der Waals surface area (Å²) in [6.45, 7) is 11.1. The summed E-state index contributed by atoms with van der Waals surface area (Å²) in [7, 11) is 0. The molecule has 2 aromatic heterocycles. The van der Waals surface area contributed by atoms with Gasteiger partial charge < -0.3 is 9.67 Å². The fourth-order valence-corrected chi connectivity index (χ4v) is 3.62. The molecule has 3 nitrogen and oxygen atoms in total. The summed E-state index contributed by atoms with van der Waals surface area (Å²) in [6.07, 6.45) is 3.62. The molecule has 21 heavy (non-hydrogen) atoms. The Kier molecular flexibility index (Phi) is 5.26. The second kappa shape index (κ2) is 6.96. The topological polar surface area (TPSA) is 38.0 Å². The summed E-state index contributed by atoms with van der Waals surface area (Å²) in [5, 5.41) is 12.8. The largest absolute Gasteiger partial charge is 0.392 e. The van der Waals surface area contributed by atoms with Crippen molar-refractivity contribution in [2.45, 2.75) is 44.9 Å². The van der Waals surface area contributed by atoms with Gasteiger partial charge >= 0.3 is 0 Å². The molecule has 0 aliphatic heterocycles. The fraction of sp³-hybridized carbons (Fsp3) is 0.353. The number of aromatic nitrogens is 2. The standard InChI is InChI=1S/C17H22N2OS/c1-5-21-17-16(12(2)3)15(11-20)13(4)19(17)10-14-6-8-18-9-7-14/h5-9,12,20H,1,10-11H2,2-4H3. The van der Waals surface area contributed by atoms with Crippen LogP contribution in [-0.2, 0) is 13.2 Å². The van der Waals surface area contributed by atoms with Crippen LogP contribution in [0.1, 0.15) is 42.1 Å². The number of hydrogen-bond acceptors (Lipinski definition) is 3. The number of thioether (sulfide) groups is 1. The van der Waals surface area contributed by atoms with Gasteiger partial charge in [0.1, 0.15) is 0 Å². The van der Waals surface area contributed by atoms with Crippen LogP contribution in [0.2, 0.25) is 0 Å². The molecule has 0 radical (unpaired) electrons. The average Bonchev–Trinajstić information content (AvgIpc) is 2.73. The molecule has 0 aliphatic carbocycles. The van der Waals surface area contributed by atoms with E-state index >= 15 is 0 Å². The highest BCUT2D eigenvalue weighted by atomic mass is 32.2. The van der Waals surface area contributed by atoms with Crippen LogP contribution in [-0.4, -0.2) is 14.7 Å².